The predicted molar refractivity (Wildman–Crippen MR) is 81.7 cm³/mol. The van der Waals surface area contributed by atoms with Crippen molar-refractivity contribution in [3.63, 3.8) is 0 Å². The van der Waals surface area contributed by atoms with Crippen LogP contribution in [0.4, 0.5) is 0 Å². The normalized spacial score (nSPS) is 14.9. The molecule has 0 amide bonds. The van der Waals surface area contributed by atoms with Gasteiger partial charge in [0.2, 0.25) is 5.60 Å². The summed E-state index contributed by atoms with van der Waals surface area (Å²) in [4.78, 5) is 12.2. The molecule has 0 heterocycles. The predicted octanol–water partition coefficient (Wildman–Crippen LogP) is 3.43. The number of aliphatic hydroxyl groups is 1. The van der Waals surface area contributed by atoms with Gasteiger partial charge in [0.15, 0.2) is 11.7 Å². The SMILES string of the molecule is CC(C)CC(O)(C[P+](=O)CSc1ccccc1)C(=O)O. The van der Waals surface area contributed by atoms with Gasteiger partial charge in [0.05, 0.1) is 0 Å². The highest BCUT2D eigenvalue weighted by atomic mass is 32.2. The molecule has 0 saturated carbocycles. The summed E-state index contributed by atoms with van der Waals surface area (Å²) >= 11 is 1.41. The number of hydrogen-bond donors (Lipinski definition) is 2. The van der Waals surface area contributed by atoms with Crippen molar-refractivity contribution in [3.8, 4) is 0 Å². The van der Waals surface area contributed by atoms with Crippen molar-refractivity contribution in [2.45, 2.75) is 30.8 Å². The van der Waals surface area contributed by atoms with Gasteiger partial charge in [-0.3, -0.25) is 0 Å². The molecule has 0 aliphatic heterocycles. The van der Waals surface area contributed by atoms with Gasteiger partial charge < -0.3 is 10.2 Å². The highest BCUT2D eigenvalue weighted by Gasteiger charge is 2.44. The standard InChI is InChI=1S/C14H19O4PS/c1-11(2)8-14(17,13(15)16)9-19(18)10-20-12-6-4-3-5-7-12/h3-7,11,17H,8-10H2,1-2H3/p+1. The second kappa shape index (κ2) is 7.77. The molecule has 20 heavy (non-hydrogen) atoms. The fourth-order valence-electron chi connectivity index (χ4n) is 1.90. The highest BCUT2D eigenvalue weighted by molar-refractivity contribution is 8.03. The van der Waals surface area contributed by atoms with Crippen molar-refractivity contribution in [1.29, 1.82) is 0 Å². The second-order valence-electron chi connectivity index (χ2n) is 5.16. The first-order valence-corrected chi connectivity index (χ1v) is 9.01. The molecule has 0 aromatic heterocycles. The van der Waals surface area contributed by atoms with E-state index in [1.165, 1.54) is 11.8 Å². The van der Waals surface area contributed by atoms with Crippen LogP contribution in [0.2, 0.25) is 0 Å². The molecule has 4 nitrogen and oxygen atoms in total. The Labute approximate surface area is 124 Å². The minimum atomic E-state index is -1.89. The monoisotopic (exact) mass is 315 g/mol. The van der Waals surface area contributed by atoms with E-state index in [-0.39, 0.29) is 18.5 Å². The largest absolute Gasteiger partial charge is 0.479 e. The quantitative estimate of drug-likeness (QED) is 0.568. The molecule has 110 valence electrons. The fourth-order valence-corrected chi connectivity index (χ4v) is 4.63. The van der Waals surface area contributed by atoms with Gasteiger partial charge in [0.25, 0.3) is 0 Å². The van der Waals surface area contributed by atoms with Crippen LogP contribution in [-0.4, -0.2) is 33.4 Å². The summed E-state index contributed by atoms with van der Waals surface area (Å²) in [5.41, 5.74) is -1.58. The minimum absolute atomic E-state index is 0.0290. The van der Waals surface area contributed by atoms with E-state index in [1.54, 1.807) is 0 Å². The zero-order valence-corrected chi connectivity index (χ0v) is 13.4. The van der Waals surface area contributed by atoms with Crippen molar-refractivity contribution >= 4 is 25.5 Å². The number of hydrogen-bond acceptors (Lipinski definition) is 4. The molecule has 6 heteroatoms. The summed E-state index contributed by atoms with van der Waals surface area (Å²) in [7, 11) is -1.77. The summed E-state index contributed by atoms with van der Waals surface area (Å²) in [6.07, 6.45) is -0.0882. The van der Waals surface area contributed by atoms with Crippen LogP contribution >= 0.6 is 19.6 Å². The summed E-state index contributed by atoms with van der Waals surface area (Å²) in [6, 6.07) is 9.50. The number of aliphatic carboxylic acids is 1. The van der Waals surface area contributed by atoms with Gasteiger partial charge in [0.1, 0.15) is 0 Å². The van der Waals surface area contributed by atoms with Crippen LogP contribution < -0.4 is 0 Å². The second-order valence-corrected chi connectivity index (χ2v) is 8.23. The van der Waals surface area contributed by atoms with E-state index in [9.17, 15) is 14.5 Å². The Bertz CT molecular complexity index is 464. The van der Waals surface area contributed by atoms with Crippen molar-refractivity contribution in [1.82, 2.24) is 0 Å². The molecule has 0 fully saturated rings. The van der Waals surface area contributed by atoms with Gasteiger partial charge in [-0.05, 0) is 24.5 Å². The third kappa shape index (κ3) is 5.61. The van der Waals surface area contributed by atoms with Crippen molar-refractivity contribution in [2.75, 3.05) is 11.7 Å². The van der Waals surface area contributed by atoms with Crippen LogP contribution in [-0.2, 0) is 9.36 Å². The lowest BCUT2D eigenvalue weighted by Crippen LogP contribution is -2.42. The highest BCUT2D eigenvalue weighted by Crippen LogP contribution is 2.36. The van der Waals surface area contributed by atoms with Gasteiger partial charge in [-0.25, -0.2) is 4.79 Å². The van der Waals surface area contributed by atoms with Gasteiger partial charge in [0, 0.05) is 4.90 Å². The average Bonchev–Trinajstić information content (AvgIpc) is 2.36. The van der Waals surface area contributed by atoms with Gasteiger partial charge in [-0.2, -0.15) is 0 Å². The molecule has 1 aromatic rings. The van der Waals surface area contributed by atoms with Crippen LogP contribution in [0.3, 0.4) is 0 Å². The van der Waals surface area contributed by atoms with Crippen LogP contribution in [0.15, 0.2) is 35.2 Å². The Balaban J connectivity index is 2.56. The number of thioether (sulfide) groups is 1. The lowest BCUT2D eigenvalue weighted by atomic mass is 9.94. The molecule has 2 N–H and O–H groups in total. The number of carbonyl (C=O) groups is 1. The molecular weight excluding hydrogens is 295 g/mol. The lowest BCUT2D eigenvalue weighted by Gasteiger charge is -2.20. The summed E-state index contributed by atoms with van der Waals surface area (Å²) < 4.78 is 12.0. The molecule has 1 aromatic carbocycles. The summed E-state index contributed by atoms with van der Waals surface area (Å²) in [5.74, 6) is -1.26. The van der Waals surface area contributed by atoms with E-state index < -0.39 is 19.4 Å². The maximum absolute atomic E-state index is 12.0. The number of carboxylic acids is 1. The fraction of sp³-hybridized carbons (Fsp3) is 0.500. The Morgan fingerprint density at radius 2 is 1.95 bits per heavy atom. The average molecular weight is 315 g/mol. The zero-order valence-electron chi connectivity index (χ0n) is 11.7. The number of carboxylic acid groups (broad SMARTS) is 1. The van der Waals surface area contributed by atoms with Crippen LogP contribution in [0.25, 0.3) is 0 Å². The summed E-state index contributed by atoms with van der Waals surface area (Å²) in [6.45, 7) is 3.67. The van der Waals surface area contributed by atoms with E-state index in [0.29, 0.717) is 5.49 Å². The molecule has 2 atom stereocenters. The van der Waals surface area contributed by atoms with Gasteiger partial charge >= 0.3 is 13.8 Å². The molecular formula is C14H20O4PS+. The maximum Gasteiger partial charge on any atom is 0.353 e. The Morgan fingerprint density at radius 3 is 2.45 bits per heavy atom. The zero-order chi connectivity index (χ0) is 15.2. The lowest BCUT2D eigenvalue weighted by molar-refractivity contribution is -0.157. The van der Waals surface area contributed by atoms with Gasteiger partial charge in [-0.1, -0.05) is 48.4 Å². The van der Waals surface area contributed by atoms with Gasteiger partial charge in [-0.15, -0.1) is 0 Å². The first-order chi connectivity index (χ1) is 9.33. The number of rotatable bonds is 8. The molecule has 0 aliphatic carbocycles. The maximum atomic E-state index is 12.0. The summed E-state index contributed by atoms with van der Waals surface area (Å²) in [5, 5.41) is 19.3. The van der Waals surface area contributed by atoms with E-state index >= 15 is 0 Å². The molecule has 2 unspecified atom stereocenters. The van der Waals surface area contributed by atoms with E-state index in [1.807, 2.05) is 44.2 Å². The minimum Gasteiger partial charge on any atom is -0.479 e. The number of benzene rings is 1. The molecule has 0 spiro atoms. The van der Waals surface area contributed by atoms with Crippen LogP contribution in [0.5, 0.6) is 0 Å². The molecule has 0 radical (unpaired) electrons. The molecule has 0 aliphatic rings. The molecule has 1 rings (SSSR count). The van der Waals surface area contributed by atoms with Crippen LogP contribution in [0, 0.1) is 5.92 Å². The van der Waals surface area contributed by atoms with E-state index in [0.717, 1.165) is 4.90 Å². The van der Waals surface area contributed by atoms with Crippen molar-refractivity contribution < 1.29 is 19.6 Å². The smallest absolute Gasteiger partial charge is 0.353 e. The third-order valence-corrected chi connectivity index (χ3v) is 5.85. The van der Waals surface area contributed by atoms with E-state index in [4.69, 9.17) is 5.11 Å². The van der Waals surface area contributed by atoms with Crippen molar-refractivity contribution in [2.24, 2.45) is 5.92 Å². The molecule has 0 bridgehead atoms. The Morgan fingerprint density at radius 1 is 1.35 bits per heavy atom. The molecule has 0 saturated heterocycles. The Kier molecular flexibility index (Phi) is 6.66. The third-order valence-electron chi connectivity index (χ3n) is 2.70. The Hall–Kier alpha value is -0.900. The first-order valence-electron chi connectivity index (χ1n) is 6.39. The topological polar surface area (TPSA) is 74.6 Å². The van der Waals surface area contributed by atoms with Crippen LogP contribution in [0.1, 0.15) is 20.3 Å². The first kappa shape index (κ1) is 17.2. The van der Waals surface area contributed by atoms with Crippen molar-refractivity contribution in [3.05, 3.63) is 30.3 Å². The van der Waals surface area contributed by atoms with E-state index in [2.05, 4.69) is 0 Å².